The smallest absolute Gasteiger partial charge is 0.387 e. The molecule has 1 unspecified atom stereocenters. The van der Waals surface area contributed by atoms with Gasteiger partial charge in [0.2, 0.25) is 0 Å². The summed E-state index contributed by atoms with van der Waals surface area (Å²) in [6.45, 7) is 1.33. The molecule has 1 atom stereocenters. The Morgan fingerprint density at radius 3 is 2.27 bits per heavy atom. The Morgan fingerprint density at radius 1 is 0.967 bits per heavy atom. The Hall–Kier alpha value is -2.86. The minimum Gasteiger partial charge on any atom is -0.485 e. The fraction of sp³-hybridized carbons (Fsp3) is 0.261. The molecule has 1 aromatic heterocycles. The van der Waals surface area contributed by atoms with Crippen LogP contribution in [0.2, 0.25) is 0 Å². The van der Waals surface area contributed by atoms with E-state index in [4.69, 9.17) is 16.3 Å². The average molecular weight is 434 g/mol. The Bertz CT molecular complexity index is 1030. The number of alkyl halides is 3. The highest BCUT2D eigenvalue weighted by Crippen LogP contribution is 2.35. The number of nitrogens with zero attached hydrogens (tertiary/aromatic N) is 1. The van der Waals surface area contributed by atoms with Crippen molar-refractivity contribution in [2.75, 3.05) is 0 Å². The van der Waals surface area contributed by atoms with E-state index in [1.807, 2.05) is 48.7 Å². The summed E-state index contributed by atoms with van der Waals surface area (Å²) in [4.78, 5) is 11.6. The van der Waals surface area contributed by atoms with Gasteiger partial charge < -0.3 is 14.0 Å². The number of aromatic nitrogens is 1. The summed E-state index contributed by atoms with van der Waals surface area (Å²) < 4.78 is 37.9. The molecule has 0 fully saturated rings. The predicted molar refractivity (Wildman–Crippen MR) is 113 cm³/mol. The van der Waals surface area contributed by atoms with Gasteiger partial charge in [-0.05, 0) is 37.1 Å². The lowest BCUT2D eigenvalue weighted by Crippen LogP contribution is -2.15. The minimum atomic E-state index is -2.96. The zero-order valence-electron chi connectivity index (χ0n) is 16.6. The molecule has 0 aliphatic heterocycles. The SMILES string of the molecule is Cc1cc(=O)cc(C)n1CC(Cl)c1ccc(OC(F)F)c(OCc2ccccc2)c1. The van der Waals surface area contributed by atoms with Crippen LogP contribution in [0.3, 0.4) is 0 Å². The van der Waals surface area contributed by atoms with Crippen LogP contribution < -0.4 is 14.9 Å². The molecule has 0 saturated carbocycles. The lowest BCUT2D eigenvalue weighted by Gasteiger charge is -2.19. The summed E-state index contributed by atoms with van der Waals surface area (Å²) in [7, 11) is 0. The second-order valence-corrected chi connectivity index (χ2v) is 7.44. The van der Waals surface area contributed by atoms with Crippen molar-refractivity contribution in [3.8, 4) is 11.5 Å². The fourth-order valence-electron chi connectivity index (χ4n) is 3.20. The van der Waals surface area contributed by atoms with Crippen LogP contribution in [0.1, 0.15) is 27.9 Å². The van der Waals surface area contributed by atoms with E-state index in [1.165, 1.54) is 6.07 Å². The predicted octanol–water partition coefficient (Wildman–Crippen LogP) is 5.63. The van der Waals surface area contributed by atoms with Crippen molar-refractivity contribution in [1.29, 1.82) is 0 Å². The molecule has 0 bridgehead atoms. The molecule has 30 heavy (non-hydrogen) atoms. The third-order valence-electron chi connectivity index (χ3n) is 4.68. The van der Waals surface area contributed by atoms with Gasteiger partial charge in [0.15, 0.2) is 16.9 Å². The number of aryl methyl sites for hydroxylation is 2. The van der Waals surface area contributed by atoms with Crippen molar-refractivity contribution in [3.05, 3.63) is 93.4 Å². The number of benzene rings is 2. The summed E-state index contributed by atoms with van der Waals surface area (Å²) in [5.74, 6) is 0.139. The van der Waals surface area contributed by atoms with Gasteiger partial charge in [-0.25, -0.2) is 0 Å². The van der Waals surface area contributed by atoms with Gasteiger partial charge in [-0.15, -0.1) is 11.6 Å². The van der Waals surface area contributed by atoms with Gasteiger partial charge in [0.1, 0.15) is 6.61 Å². The molecule has 158 valence electrons. The molecule has 0 N–H and O–H groups in total. The van der Waals surface area contributed by atoms with E-state index in [2.05, 4.69) is 4.74 Å². The molecule has 0 amide bonds. The molecule has 0 spiro atoms. The van der Waals surface area contributed by atoms with Crippen LogP contribution in [0, 0.1) is 13.8 Å². The molecule has 0 aliphatic carbocycles. The van der Waals surface area contributed by atoms with E-state index in [0.717, 1.165) is 17.0 Å². The molecule has 4 nitrogen and oxygen atoms in total. The van der Waals surface area contributed by atoms with Gasteiger partial charge in [0, 0.05) is 30.1 Å². The van der Waals surface area contributed by atoms with Crippen LogP contribution in [0.4, 0.5) is 8.78 Å². The summed E-state index contributed by atoms with van der Waals surface area (Å²) in [5.41, 5.74) is 3.12. The normalized spacial score (nSPS) is 12.1. The second kappa shape index (κ2) is 9.76. The highest BCUT2D eigenvalue weighted by molar-refractivity contribution is 6.20. The summed E-state index contributed by atoms with van der Waals surface area (Å²) in [6.07, 6.45) is 0. The van der Waals surface area contributed by atoms with E-state index in [-0.39, 0.29) is 23.5 Å². The van der Waals surface area contributed by atoms with Crippen molar-refractivity contribution in [2.24, 2.45) is 0 Å². The van der Waals surface area contributed by atoms with E-state index in [9.17, 15) is 13.6 Å². The fourth-order valence-corrected chi connectivity index (χ4v) is 3.48. The summed E-state index contributed by atoms with van der Waals surface area (Å²) in [6, 6.07) is 17.2. The maximum Gasteiger partial charge on any atom is 0.387 e. The number of ether oxygens (including phenoxy) is 2. The van der Waals surface area contributed by atoms with Crippen molar-refractivity contribution in [3.63, 3.8) is 0 Å². The first-order valence-corrected chi connectivity index (χ1v) is 9.85. The van der Waals surface area contributed by atoms with Crippen LogP contribution in [-0.4, -0.2) is 11.2 Å². The van der Waals surface area contributed by atoms with Crippen LogP contribution in [0.15, 0.2) is 65.5 Å². The first kappa shape index (κ1) is 21.8. The number of pyridine rings is 1. The summed E-state index contributed by atoms with van der Waals surface area (Å²) >= 11 is 6.63. The lowest BCUT2D eigenvalue weighted by atomic mass is 10.1. The maximum absolute atomic E-state index is 12.8. The Morgan fingerprint density at radius 2 is 1.63 bits per heavy atom. The lowest BCUT2D eigenvalue weighted by molar-refractivity contribution is -0.0516. The summed E-state index contributed by atoms with van der Waals surface area (Å²) in [5, 5.41) is -0.468. The molecule has 7 heteroatoms. The second-order valence-electron chi connectivity index (χ2n) is 6.91. The zero-order chi connectivity index (χ0) is 21.7. The zero-order valence-corrected chi connectivity index (χ0v) is 17.4. The van der Waals surface area contributed by atoms with E-state index >= 15 is 0 Å². The molecule has 1 heterocycles. The molecule has 3 aromatic rings. The third-order valence-corrected chi connectivity index (χ3v) is 5.07. The number of rotatable bonds is 8. The quantitative estimate of drug-likeness (QED) is 0.432. The van der Waals surface area contributed by atoms with Crippen LogP contribution in [-0.2, 0) is 13.2 Å². The first-order chi connectivity index (χ1) is 14.3. The number of halogens is 3. The van der Waals surface area contributed by atoms with E-state index in [0.29, 0.717) is 12.1 Å². The number of hydrogen-bond donors (Lipinski definition) is 0. The Labute approximate surface area is 178 Å². The molecule has 0 aliphatic rings. The van der Waals surface area contributed by atoms with Gasteiger partial charge in [-0.2, -0.15) is 8.78 Å². The Kier molecular flexibility index (Phi) is 7.11. The topological polar surface area (TPSA) is 40.5 Å². The monoisotopic (exact) mass is 433 g/mol. The standard InChI is InChI=1S/C23H22ClF2NO3/c1-15-10-19(28)11-16(2)27(15)13-20(24)18-8-9-21(30-23(25)26)22(12-18)29-14-17-6-4-3-5-7-17/h3-12,20,23H,13-14H2,1-2H3. The molecule has 3 rings (SSSR count). The van der Waals surface area contributed by atoms with Crippen LogP contribution in [0.25, 0.3) is 0 Å². The van der Waals surface area contributed by atoms with Gasteiger partial charge in [0.25, 0.3) is 0 Å². The van der Waals surface area contributed by atoms with Gasteiger partial charge in [-0.1, -0.05) is 36.4 Å². The van der Waals surface area contributed by atoms with Gasteiger partial charge >= 0.3 is 6.61 Å². The first-order valence-electron chi connectivity index (χ1n) is 9.41. The maximum atomic E-state index is 12.8. The molecule has 2 aromatic carbocycles. The van der Waals surface area contributed by atoms with Crippen molar-refractivity contribution in [1.82, 2.24) is 4.57 Å². The molecule has 0 radical (unpaired) electrons. The van der Waals surface area contributed by atoms with Crippen molar-refractivity contribution >= 4 is 11.6 Å². The third kappa shape index (κ3) is 5.60. The van der Waals surface area contributed by atoms with Crippen molar-refractivity contribution in [2.45, 2.75) is 39.0 Å². The molecular formula is C23H22ClF2NO3. The molecular weight excluding hydrogens is 412 g/mol. The van der Waals surface area contributed by atoms with Crippen LogP contribution in [0.5, 0.6) is 11.5 Å². The average Bonchev–Trinajstić information content (AvgIpc) is 2.70. The number of hydrogen-bond acceptors (Lipinski definition) is 3. The van der Waals surface area contributed by atoms with Crippen LogP contribution >= 0.6 is 11.6 Å². The van der Waals surface area contributed by atoms with Gasteiger partial charge in [0.05, 0.1) is 5.38 Å². The van der Waals surface area contributed by atoms with E-state index in [1.54, 1.807) is 24.3 Å². The molecule has 0 saturated heterocycles. The largest absolute Gasteiger partial charge is 0.485 e. The minimum absolute atomic E-state index is 0.0516. The highest BCUT2D eigenvalue weighted by Gasteiger charge is 2.17. The van der Waals surface area contributed by atoms with E-state index < -0.39 is 12.0 Å². The van der Waals surface area contributed by atoms with Gasteiger partial charge in [-0.3, -0.25) is 4.79 Å². The van der Waals surface area contributed by atoms with Crippen molar-refractivity contribution < 1.29 is 18.3 Å². The highest BCUT2D eigenvalue weighted by atomic mass is 35.5. The Balaban J connectivity index is 1.84.